The Balaban J connectivity index is 3.31. The summed E-state index contributed by atoms with van der Waals surface area (Å²) in [6, 6.07) is 9.39. The van der Waals surface area contributed by atoms with Crippen molar-refractivity contribution in [1.29, 1.82) is 0 Å². The Morgan fingerprint density at radius 1 is 1.16 bits per heavy atom. The summed E-state index contributed by atoms with van der Waals surface area (Å²) in [5.74, 6) is -0.0881. The minimum Gasteiger partial charge on any atom is -0.384 e. The first-order chi connectivity index (χ1) is 8.68. The van der Waals surface area contributed by atoms with Gasteiger partial charge in [0.1, 0.15) is 0 Å². The molecule has 0 heterocycles. The second-order valence-corrected chi connectivity index (χ2v) is 8.26. The molecule has 0 saturated heterocycles. The smallest absolute Gasteiger partial charge is 0.154 e. The molecule has 0 aromatic heterocycles. The summed E-state index contributed by atoms with van der Waals surface area (Å²) in [4.78, 5) is 0. The van der Waals surface area contributed by atoms with Gasteiger partial charge in [-0.3, -0.25) is 0 Å². The Morgan fingerprint density at radius 3 is 2.05 bits per heavy atom. The van der Waals surface area contributed by atoms with Crippen molar-refractivity contribution < 1.29 is 13.2 Å². The number of benzene rings is 1. The molecule has 1 aromatic rings. The number of hydrogen-bond acceptors (Lipinski definition) is 3. The van der Waals surface area contributed by atoms with E-state index in [4.69, 9.17) is 4.74 Å². The van der Waals surface area contributed by atoms with Gasteiger partial charge in [-0.1, -0.05) is 51.1 Å². The summed E-state index contributed by atoms with van der Waals surface area (Å²) < 4.78 is 29.7. The molecule has 0 bridgehead atoms. The van der Waals surface area contributed by atoms with Crippen molar-refractivity contribution in [3.05, 3.63) is 35.9 Å². The summed E-state index contributed by atoms with van der Waals surface area (Å²) in [5, 5.41) is -0.534. The summed E-state index contributed by atoms with van der Waals surface area (Å²) in [6.07, 6.45) is 1.30. The summed E-state index contributed by atoms with van der Waals surface area (Å²) in [6.45, 7) is 6.59. The van der Waals surface area contributed by atoms with Gasteiger partial charge in [0.2, 0.25) is 0 Å². The van der Waals surface area contributed by atoms with Gasteiger partial charge in [-0.25, -0.2) is 8.42 Å². The van der Waals surface area contributed by atoms with Crippen LogP contribution in [0, 0.1) is 11.3 Å². The normalized spacial score (nSPS) is 16.1. The number of ether oxygens (including phenoxy) is 1. The van der Waals surface area contributed by atoms with Crippen molar-refractivity contribution in [2.75, 3.05) is 20.0 Å². The molecular formula is C15H24O3S. The minimum atomic E-state index is -3.20. The molecule has 0 saturated carbocycles. The topological polar surface area (TPSA) is 43.4 Å². The zero-order chi connectivity index (χ0) is 14.7. The molecule has 0 N–H and O–H groups in total. The fraction of sp³-hybridized carbons (Fsp3) is 0.600. The van der Waals surface area contributed by atoms with E-state index < -0.39 is 15.1 Å². The fourth-order valence-electron chi connectivity index (χ4n) is 2.39. The van der Waals surface area contributed by atoms with E-state index in [1.165, 1.54) is 6.26 Å². The maximum atomic E-state index is 12.2. The summed E-state index contributed by atoms with van der Waals surface area (Å²) in [5.41, 5.74) is 0.682. The SMILES string of the molecule is COC[C@H]([C@H](c1ccccc1)S(C)(=O)=O)C(C)(C)C. The molecule has 1 rings (SSSR count). The quantitative estimate of drug-likeness (QED) is 0.834. The number of rotatable bonds is 5. The van der Waals surface area contributed by atoms with E-state index in [0.717, 1.165) is 5.56 Å². The van der Waals surface area contributed by atoms with E-state index in [2.05, 4.69) is 20.8 Å². The van der Waals surface area contributed by atoms with E-state index >= 15 is 0 Å². The van der Waals surface area contributed by atoms with E-state index in [1.54, 1.807) is 7.11 Å². The molecule has 0 aliphatic heterocycles. The molecule has 0 fully saturated rings. The molecular weight excluding hydrogens is 260 g/mol. The van der Waals surface area contributed by atoms with Crippen LogP contribution in [0.1, 0.15) is 31.6 Å². The van der Waals surface area contributed by atoms with Crippen LogP contribution in [-0.4, -0.2) is 28.4 Å². The van der Waals surface area contributed by atoms with Crippen LogP contribution < -0.4 is 0 Å². The Bertz CT molecular complexity index is 486. The standard InChI is InChI=1S/C15H24O3S/c1-15(2,3)13(11-18-4)14(19(5,16)17)12-9-7-6-8-10-12/h6-10,13-14H,11H2,1-5H3/t13-,14+/m1/s1. The van der Waals surface area contributed by atoms with Gasteiger partial charge in [0, 0.05) is 19.3 Å². The molecule has 108 valence electrons. The molecule has 0 unspecified atom stereocenters. The average Bonchev–Trinajstić information content (AvgIpc) is 2.27. The molecule has 0 aliphatic carbocycles. The van der Waals surface area contributed by atoms with Gasteiger partial charge in [0.15, 0.2) is 9.84 Å². The van der Waals surface area contributed by atoms with Gasteiger partial charge < -0.3 is 4.74 Å². The second kappa shape index (κ2) is 6.06. The number of hydrogen-bond donors (Lipinski definition) is 0. The van der Waals surface area contributed by atoms with Crippen LogP contribution in [0.4, 0.5) is 0 Å². The van der Waals surface area contributed by atoms with Crippen LogP contribution in [0.15, 0.2) is 30.3 Å². The lowest BCUT2D eigenvalue weighted by atomic mass is 9.77. The first kappa shape index (κ1) is 16.2. The zero-order valence-corrected chi connectivity index (χ0v) is 13.2. The molecule has 0 radical (unpaired) electrons. The predicted octanol–water partition coefficient (Wildman–Crippen LogP) is 3.08. The molecule has 2 atom stereocenters. The maximum absolute atomic E-state index is 12.2. The van der Waals surface area contributed by atoms with Crippen molar-refractivity contribution in [3.63, 3.8) is 0 Å². The molecule has 4 heteroatoms. The fourth-order valence-corrected chi connectivity index (χ4v) is 4.13. The van der Waals surface area contributed by atoms with Gasteiger partial charge in [-0.15, -0.1) is 0 Å². The van der Waals surface area contributed by atoms with Gasteiger partial charge in [0.05, 0.1) is 11.9 Å². The van der Waals surface area contributed by atoms with Crippen LogP contribution in [0.3, 0.4) is 0 Å². The largest absolute Gasteiger partial charge is 0.384 e. The lowest BCUT2D eigenvalue weighted by Crippen LogP contribution is -2.34. The highest BCUT2D eigenvalue weighted by Gasteiger charge is 2.39. The van der Waals surface area contributed by atoms with Crippen LogP contribution in [-0.2, 0) is 14.6 Å². The Labute approximate surface area is 116 Å². The first-order valence-corrected chi connectivity index (χ1v) is 8.36. The monoisotopic (exact) mass is 284 g/mol. The third kappa shape index (κ3) is 4.32. The zero-order valence-electron chi connectivity index (χ0n) is 12.4. The van der Waals surface area contributed by atoms with Gasteiger partial charge in [0.25, 0.3) is 0 Å². The van der Waals surface area contributed by atoms with Crippen molar-refractivity contribution in [2.24, 2.45) is 11.3 Å². The highest BCUT2D eigenvalue weighted by molar-refractivity contribution is 7.90. The third-order valence-electron chi connectivity index (χ3n) is 3.41. The van der Waals surface area contributed by atoms with Crippen LogP contribution in [0.2, 0.25) is 0 Å². The molecule has 0 spiro atoms. The highest BCUT2D eigenvalue weighted by Crippen LogP contribution is 2.41. The van der Waals surface area contributed by atoms with E-state index in [1.807, 2.05) is 30.3 Å². The Hall–Kier alpha value is -0.870. The first-order valence-electron chi connectivity index (χ1n) is 6.40. The average molecular weight is 284 g/mol. The van der Waals surface area contributed by atoms with Gasteiger partial charge >= 0.3 is 0 Å². The number of methoxy groups -OCH3 is 1. The molecule has 1 aromatic carbocycles. The van der Waals surface area contributed by atoms with Gasteiger partial charge in [-0.2, -0.15) is 0 Å². The minimum absolute atomic E-state index is 0.0881. The molecule has 0 aliphatic rings. The van der Waals surface area contributed by atoms with Gasteiger partial charge in [-0.05, 0) is 11.0 Å². The maximum Gasteiger partial charge on any atom is 0.154 e. The predicted molar refractivity (Wildman–Crippen MR) is 78.8 cm³/mol. The van der Waals surface area contributed by atoms with Crippen molar-refractivity contribution in [2.45, 2.75) is 26.0 Å². The summed E-state index contributed by atoms with van der Waals surface area (Å²) in [7, 11) is -1.59. The lowest BCUT2D eigenvalue weighted by molar-refractivity contribution is 0.0866. The Kier molecular flexibility index (Phi) is 5.16. The molecule has 3 nitrogen and oxygen atoms in total. The van der Waals surface area contributed by atoms with Crippen molar-refractivity contribution in [1.82, 2.24) is 0 Å². The highest BCUT2D eigenvalue weighted by atomic mass is 32.2. The van der Waals surface area contributed by atoms with Crippen LogP contribution in [0.25, 0.3) is 0 Å². The third-order valence-corrected chi connectivity index (χ3v) is 4.94. The summed E-state index contributed by atoms with van der Waals surface area (Å²) >= 11 is 0. The van der Waals surface area contributed by atoms with E-state index in [-0.39, 0.29) is 11.3 Å². The molecule has 19 heavy (non-hydrogen) atoms. The molecule has 0 amide bonds. The second-order valence-electron chi connectivity index (χ2n) is 6.09. The van der Waals surface area contributed by atoms with Crippen molar-refractivity contribution in [3.8, 4) is 0 Å². The van der Waals surface area contributed by atoms with Crippen LogP contribution in [0.5, 0.6) is 0 Å². The van der Waals surface area contributed by atoms with Crippen LogP contribution >= 0.6 is 0 Å². The van der Waals surface area contributed by atoms with E-state index in [0.29, 0.717) is 6.61 Å². The van der Waals surface area contributed by atoms with Crippen molar-refractivity contribution >= 4 is 9.84 Å². The number of sulfone groups is 1. The van der Waals surface area contributed by atoms with E-state index in [9.17, 15) is 8.42 Å². The lowest BCUT2D eigenvalue weighted by Gasteiger charge is -2.36. The Morgan fingerprint density at radius 2 is 1.68 bits per heavy atom.